The van der Waals surface area contributed by atoms with Gasteiger partial charge >= 0.3 is 0 Å². The van der Waals surface area contributed by atoms with Crippen molar-refractivity contribution in [3.05, 3.63) is 90.0 Å². The van der Waals surface area contributed by atoms with Crippen LogP contribution in [0.25, 0.3) is 6.08 Å². The Morgan fingerprint density at radius 2 is 1.94 bits per heavy atom. The summed E-state index contributed by atoms with van der Waals surface area (Å²) in [6.45, 7) is 0.216. The molecule has 3 rings (SSSR count). The average molecular weight is 620 g/mol. The number of rotatable bonds is 9. The van der Waals surface area contributed by atoms with Crippen LogP contribution in [-0.4, -0.2) is 25.1 Å². The SMILES string of the molecule is COc1ccc(NC(=O)/C(C#N)=C/c2cc(I)c(OCc3ccccc3Cl)c(OC)c2)c([N+](=O)[O-])c1. The minimum absolute atomic E-state index is 0.0672. The number of carbonyl (C=O) groups is 1. The number of hydrogen-bond donors (Lipinski definition) is 1. The first kappa shape index (κ1) is 26.8. The van der Waals surface area contributed by atoms with Crippen molar-refractivity contribution >= 4 is 57.5 Å². The zero-order valence-corrected chi connectivity index (χ0v) is 22.0. The third-order valence-electron chi connectivity index (χ3n) is 4.91. The molecule has 0 aromatic heterocycles. The fourth-order valence-corrected chi connectivity index (χ4v) is 4.10. The summed E-state index contributed by atoms with van der Waals surface area (Å²) in [6.07, 6.45) is 1.35. The van der Waals surface area contributed by atoms with Gasteiger partial charge in [0.25, 0.3) is 11.6 Å². The van der Waals surface area contributed by atoms with E-state index in [4.69, 9.17) is 25.8 Å². The van der Waals surface area contributed by atoms with Crippen molar-refractivity contribution in [1.29, 1.82) is 5.26 Å². The number of nitrogens with zero attached hydrogens (tertiary/aromatic N) is 2. The second kappa shape index (κ2) is 12.2. The van der Waals surface area contributed by atoms with Crippen molar-refractivity contribution in [3.8, 4) is 23.3 Å². The van der Waals surface area contributed by atoms with Crippen molar-refractivity contribution in [1.82, 2.24) is 0 Å². The topological polar surface area (TPSA) is 124 Å². The summed E-state index contributed by atoms with van der Waals surface area (Å²) in [5, 5.41) is 24.0. The van der Waals surface area contributed by atoms with Gasteiger partial charge in [-0.3, -0.25) is 14.9 Å². The molecule has 0 unspecified atom stereocenters. The lowest BCUT2D eigenvalue weighted by Gasteiger charge is -2.14. The van der Waals surface area contributed by atoms with E-state index in [1.165, 1.54) is 38.5 Å². The largest absolute Gasteiger partial charge is 0.496 e. The summed E-state index contributed by atoms with van der Waals surface area (Å²) in [6, 6.07) is 16.4. The number of benzene rings is 3. The van der Waals surface area contributed by atoms with E-state index in [2.05, 4.69) is 27.9 Å². The number of methoxy groups -OCH3 is 2. The predicted octanol–water partition coefficient (Wildman–Crippen LogP) is 5.99. The van der Waals surface area contributed by atoms with Gasteiger partial charge in [-0.15, -0.1) is 0 Å². The molecule has 0 atom stereocenters. The molecule has 0 aliphatic carbocycles. The van der Waals surface area contributed by atoms with Crippen molar-refractivity contribution in [2.24, 2.45) is 0 Å². The quantitative estimate of drug-likeness (QED) is 0.103. The summed E-state index contributed by atoms with van der Waals surface area (Å²) in [5.74, 6) is 0.323. The number of anilines is 1. The summed E-state index contributed by atoms with van der Waals surface area (Å²) >= 11 is 8.26. The number of nitriles is 1. The first-order chi connectivity index (χ1) is 17.3. The number of halogens is 2. The normalized spacial score (nSPS) is 10.8. The van der Waals surface area contributed by atoms with Gasteiger partial charge in [-0.1, -0.05) is 29.8 Å². The number of nitro groups is 1. The van der Waals surface area contributed by atoms with Crippen LogP contribution in [0.4, 0.5) is 11.4 Å². The van der Waals surface area contributed by atoms with Crippen LogP contribution in [0.1, 0.15) is 11.1 Å². The maximum absolute atomic E-state index is 12.7. The molecular formula is C25H19ClIN3O6. The molecule has 11 heteroatoms. The molecule has 3 aromatic rings. The highest BCUT2D eigenvalue weighted by atomic mass is 127. The van der Waals surface area contributed by atoms with Crippen LogP contribution in [0.15, 0.2) is 60.2 Å². The first-order valence-electron chi connectivity index (χ1n) is 10.3. The number of nitrogens with one attached hydrogen (secondary N) is 1. The molecule has 0 radical (unpaired) electrons. The number of hydrogen-bond acceptors (Lipinski definition) is 7. The minimum atomic E-state index is -0.807. The lowest BCUT2D eigenvalue weighted by Crippen LogP contribution is -2.14. The van der Waals surface area contributed by atoms with Gasteiger partial charge in [0.05, 0.1) is 28.8 Å². The third kappa shape index (κ3) is 6.44. The van der Waals surface area contributed by atoms with Gasteiger partial charge in [0, 0.05) is 10.6 Å². The number of ether oxygens (including phenoxy) is 3. The zero-order valence-electron chi connectivity index (χ0n) is 19.1. The lowest BCUT2D eigenvalue weighted by atomic mass is 10.1. The van der Waals surface area contributed by atoms with E-state index < -0.39 is 10.8 Å². The molecule has 3 aromatic carbocycles. The standard InChI is InChI=1S/C25H19ClIN3O6/c1-34-18-7-8-21(22(12-18)30(32)33)29-25(31)17(13-28)9-15-10-20(27)24(23(11-15)35-2)36-14-16-5-3-4-6-19(16)26/h3-12H,14H2,1-2H3,(H,29,31)/b17-9+. The molecule has 0 aliphatic heterocycles. The van der Waals surface area contributed by atoms with Crippen LogP contribution in [0.2, 0.25) is 5.02 Å². The van der Waals surface area contributed by atoms with Gasteiger partial charge in [0.2, 0.25) is 0 Å². The predicted molar refractivity (Wildman–Crippen MR) is 143 cm³/mol. The molecule has 0 heterocycles. The van der Waals surface area contributed by atoms with E-state index in [0.717, 1.165) is 5.56 Å². The molecule has 0 spiro atoms. The number of amides is 1. The van der Waals surface area contributed by atoms with Gasteiger partial charge in [-0.05, 0) is 64.6 Å². The highest BCUT2D eigenvalue weighted by molar-refractivity contribution is 14.1. The van der Waals surface area contributed by atoms with E-state index in [0.29, 0.717) is 25.7 Å². The molecular weight excluding hydrogens is 601 g/mol. The van der Waals surface area contributed by atoms with E-state index in [9.17, 15) is 20.2 Å². The van der Waals surface area contributed by atoms with Gasteiger partial charge in [0.15, 0.2) is 11.5 Å². The average Bonchev–Trinajstić information content (AvgIpc) is 2.87. The number of nitro benzene ring substituents is 1. The number of carbonyl (C=O) groups excluding carboxylic acids is 1. The Hall–Kier alpha value is -3.82. The second-order valence-corrected chi connectivity index (χ2v) is 8.75. The second-order valence-electron chi connectivity index (χ2n) is 7.18. The molecule has 0 bridgehead atoms. The van der Waals surface area contributed by atoms with Crippen LogP contribution in [-0.2, 0) is 11.4 Å². The maximum atomic E-state index is 12.7. The summed E-state index contributed by atoms with van der Waals surface area (Å²) < 4.78 is 17.1. The summed E-state index contributed by atoms with van der Waals surface area (Å²) in [4.78, 5) is 23.5. The fraction of sp³-hybridized carbons (Fsp3) is 0.120. The Morgan fingerprint density at radius 1 is 1.19 bits per heavy atom. The first-order valence-corrected chi connectivity index (χ1v) is 11.7. The van der Waals surface area contributed by atoms with E-state index in [1.54, 1.807) is 18.2 Å². The maximum Gasteiger partial charge on any atom is 0.296 e. The van der Waals surface area contributed by atoms with Crippen molar-refractivity contribution in [2.75, 3.05) is 19.5 Å². The Bertz CT molecular complexity index is 1390. The zero-order chi connectivity index (χ0) is 26.2. The van der Waals surface area contributed by atoms with Crippen molar-refractivity contribution in [2.45, 2.75) is 6.61 Å². The van der Waals surface area contributed by atoms with E-state index in [1.807, 2.05) is 24.3 Å². The third-order valence-corrected chi connectivity index (χ3v) is 6.08. The van der Waals surface area contributed by atoms with Crippen LogP contribution in [0.3, 0.4) is 0 Å². The molecule has 0 saturated heterocycles. The van der Waals surface area contributed by atoms with Gasteiger partial charge in [0.1, 0.15) is 29.7 Å². The Kier molecular flexibility index (Phi) is 9.10. The molecule has 0 saturated carbocycles. The molecule has 184 valence electrons. The van der Waals surface area contributed by atoms with E-state index >= 15 is 0 Å². The van der Waals surface area contributed by atoms with Crippen LogP contribution >= 0.6 is 34.2 Å². The van der Waals surface area contributed by atoms with E-state index in [-0.39, 0.29) is 29.3 Å². The Labute approximate surface area is 225 Å². The Balaban J connectivity index is 1.86. The van der Waals surface area contributed by atoms with Gasteiger partial charge in [-0.2, -0.15) is 5.26 Å². The molecule has 9 nitrogen and oxygen atoms in total. The Morgan fingerprint density at radius 3 is 2.58 bits per heavy atom. The van der Waals surface area contributed by atoms with Gasteiger partial charge in [-0.25, -0.2) is 0 Å². The highest BCUT2D eigenvalue weighted by Gasteiger charge is 2.20. The molecule has 36 heavy (non-hydrogen) atoms. The van der Waals surface area contributed by atoms with Crippen LogP contribution in [0, 0.1) is 25.0 Å². The molecule has 1 N–H and O–H groups in total. The van der Waals surface area contributed by atoms with Crippen molar-refractivity contribution < 1.29 is 23.9 Å². The lowest BCUT2D eigenvalue weighted by molar-refractivity contribution is -0.384. The smallest absolute Gasteiger partial charge is 0.296 e. The van der Waals surface area contributed by atoms with Crippen molar-refractivity contribution in [3.63, 3.8) is 0 Å². The van der Waals surface area contributed by atoms with Gasteiger partial charge < -0.3 is 19.5 Å². The highest BCUT2D eigenvalue weighted by Crippen LogP contribution is 2.36. The fourth-order valence-electron chi connectivity index (χ4n) is 3.13. The summed E-state index contributed by atoms with van der Waals surface area (Å²) in [5.41, 5.74) is 0.607. The van der Waals surface area contributed by atoms with Crippen LogP contribution < -0.4 is 19.5 Å². The minimum Gasteiger partial charge on any atom is -0.496 e. The van der Waals surface area contributed by atoms with Crippen LogP contribution in [0.5, 0.6) is 17.2 Å². The monoisotopic (exact) mass is 619 g/mol. The molecule has 0 aliphatic rings. The molecule has 1 amide bonds. The molecule has 0 fully saturated rings. The summed E-state index contributed by atoms with van der Waals surface area (Å²) in [7, 11) is 2.85.